The molecule has 2 aromatic rings. The Balaban J connectivity index is 2.35. The number of pyridine rings is 1. The quantitative estimate of drug-likeness (QED) is 0.855. The molecule has 0 aromatic carbocycles. The molecule has 2 rings (SSSR count). The zero-order chi connectivity index (χ0) is 13.1. The van der Waals surface area contributed by atoms with Gasteiger partial charge < -0.3 is 5.11 Å². The zero-order valence-electron chi connectivity index (χ0n) is 9.91. The molecule has 2 aromatic heterocycles. The maximum absolute atomic E-state index is 11.1. The predicted octanol–water partition coefficient (Wildman–Crippen LogP) is 2.34. The van der Waals surface area contributed by atoms with E-state index in [0.717, 1.165) is 11.3 Å². The number of nitrogens with zero attached hydrogens (tertiary/aromatic N) is 3. The molecule has 1 N–H and O–H groups in total. The van der Waals surface area contributed by atoms with Crippen LogP contribution in [0.2, 0.25) is 0 Å². The van der Waals surface area contributed by atoms with E-state index < -0.39 is 5.97 Å². The average Bonchev–Trinajstić information content (AvgIpc) is 2.32. The van der Waals surface area contributed by atoms with Crippen molar-refractivity contribution in [3.8, 4) is 0 Å². The summed E-state index contributed by atoms with van der Waals surface area (Å²) in [5.74, 6) is -1.00. The summed E-state index contributed by atoms with van der Waals surface area (Å²) in [5, 5.41) is 9.61. The summed E-state index contributed by atoms with van der Waals surface area (Å²) in [6.45, 7) is 3.71. The SMILES string of the molecule is Cc1cnc(Sc2cc(C)ncc2C(=O)O)nc1. The van der Waals surface area contributed by atoms with Crippen molar-refractivity contribution in [3.63, 3.8) is 0 Å². The standard InChI is InChI=1S/C12H11N3O2S/c1-7-4-14-12(15-5-7)18-10-3-8(2)13-6-9(10)11(16)17/h3-6H,1-2H3,(H,16,17). The second kappa shape index (κ2) is 5.14. The Kier molecular flexibility index (Phi) is 3.57. The Morgan fingerprint density at radius 1 is 1.17 bits per heavy atom. The van der Waals surface area contributed by atoms with Crippen molar-refractivity contribution in [2.24, 2.45) is 0 Å². The van der Waals surface area contributed by atoms with Crippen LogP contribution in [-0.2, 0) is 0 Å². The summed E-state index contributed by atoms with van der Waals surface area (Å²) in [6.07, 6.45) is 4.75. The van der Waals surface area contributed by atoms with E-state index in [-0.39, 0.29) is 5.56 Å². The van der Waals surface area contributed by atoms with Crippen LogP contribution in [0.3, 0.4) is 0 Å². The molecule has 6 heteroatoms. The highest BCUT2D eigenvalue weighted by Gasteiger charge is 2.13. The minimum Gasteiger partial charge on any atom is -0.478 e. The van der Waals surface area contributed by atoms with Crippen LogP contribution in [0.4, 0.5) is 0 Å². The molecule has 0 atom stereocenters. The first kappa shape index (κ1) is 12.5. The molecule has 0 spiro atoms. The minimum absolute atomic E-state index is 0.162. The van der Waals surface area contributed by atoms with Gasteiger partial charge in [0.25, 0.3) is 0 Å². The summed E-state index contributed by atoms with van der Waals surface area (Å²) in [5.41, 5.74) is 1.88. The first-order valence-corrected chi connectivity index (χ1v) is 6.04. The average molecular weight is 261 g/mol. The molecular formula is C12H11N3O2S. The lowest BCUT2D eigenvalue weighted by Crippen LogP contribution is -2.01. The number of aromatic nitrogens is 3. The lowest BCUT2D eigenvalue weighted by molar-refractivity contribution is 0.0692. The molecule has 2 heterocycles. The van der Waals surface area contributed by atoms with E-state index in [2.05, 4.69) is 15.0 Å². The largest absolute Gasteiger partial charge is 0.478 e. The second-order valence-corrected chi connectivity index (χ2v) is 4.78. The molecular weight excluding hydrogens is 250 g/mol. The first-order chi connectivity index (χ1) is 8.56. The number of aromatic carboxylic acids is 1. The van der Waals surface area contributed by atoms with Crippen molar-refractivity contribution in [2.45, 2.75) is 23.9 Å². The first-order valence-electron chi connectivity index (χ1n) is 5.22. The highest BCUT2D eigenvalue weighted by Crippen LogP contribution is 2.28. The molecule has 0 radical (unpaired) electrons. The fourth-order valence-corrected chi connectivity index (χ4v) is 2.20. The number of carboxylic acid groups (broad SMARTS) is 1. The van der Waals surface area contributed by atoms with Crippen molar-refractivity contribution in [3.05, 3.63) is 41.5 Å². The fourth-order valence-electron chi connectivity index (χ4n) is 1.31. The van der Waals surface area contributed by atoms with Gasteiger partial charge in [0.1, 0.15) is 0 Å². The summed E-state index contributed by atoms with van der Waals surface area (Å²) >= 11 is 1.22. The molecule has 0 aliphatic heterocycles. The van der Waals surface area contributed by atoms with Crippen LogP contribution in [0, 0.1) is 13.8 Å². The van der Waals surface area contributed by atoms with Crippen LogP contribution in [-0.4, -0.2) is 26.0 Å². The molecule has 5 nitrogen and oxygen atoms in total. The second-order valence-electron chi connectivity index (χ2n) is 3.77. The molecule has 0 fully saturated rings. The van der Waals surface area contributed by atoms with Gasteiger partial charge in [-0.15, -0.1) is 0 Å². The van der Waals surface area contributed by atoms with Crippen LogP contribution < -0.4 is 0 Å². The van der Waals surface area contributed by atoms with E-state index in [9.17, 15) is 4.79 Å². The minimum atomic E-state index is -1.00. The van der Waals surface area contributed by atoms with Crippen LogP contribution in [0.1, 0.15) is 21.6 Å². The van der Waals surface area contributed by atoms with E-state index in [4.69, 9.17) is 5.11 Å². The van der Waals surface area contributed by atoms with Gasteiger partial charge in [0.2, 0.25) is 0 Å². The van der Waals surface area contributed by atoms with Gasteiger partial charge >= 0.3 is 5.97 Å². The number of aryl methyl sites for hydroxylation is 2. The van der Waals surface area contributed by atoms with Gasteiger partial charge in [-0.3, -0.25) is 4.98 Å². The Bertz CT molecular complexity index is 584. The van der Waals surface area contributed by atoms with Gasteiger partial charge in [-0.2, -0.15) is 0 Å². The fraction of sp³-hybridized carbons (Fsp3) is 0.167. The number of carboxylic acids is 1. The number of rotatable bonds is 3. The molecule has 0 saturated heterocycles. The lowest BCUT2D eigenvalue weighted by Gasteiger charge is -2.05. The van der Waals surface area contributed by atoms with Crippen molar-refractivity contribution < 1.29 is 9.90 Å². The third-order valence-corrected chi connectivity index (χ3v) is 3.14. The Morgan fingerprint density at radius 3 is 2.44 bits per heavy atom. The number of hydrogen-bond donors (Lipinski definition) is 1. The highest BCUT2D eigenvalue weighted by molar-refractivity contribution is 7.99. The molecule has 92 valence electrons. The summed E-state index contributed by atoms with van der Waals surface area (Å²) in [7, 11) is 0. The molecule has 0 aliphatic rings. The van der Waals surface area contributed by atoms with E-state index in [0.29, 0.717) is 10.1 Å². The van der Waals surface area contributed by atoms with Gasteiger partial charge in [-0.05, 0) is 37.2 Å². The van der Waals surface area contributed by atoms with Gasteiger partial charge in [0.05, 0.1) is 5.56 Å². The maximum atomic E-state index is 11.1. The highest BCUT2D eigenvalue weighted by atomic mass is 32.2. The Hall–Kier alpha value is -1.95. The maximum Gasteiger partial charge on any atom is 0.338 e. The van der Waals surface area contributed by atoms with E-state index >= 15 is 0 Å². The van der Waals surface area contributed by atoms with Crippen LogP contribution in [0.5, 0.6) is 0 Å². The third-order valence-electron chi connectivity index (χ3n) is 2.19. The van der Waals surface area contributed by atoms with Gasteiger partial charge in [0, 0.05) is 29.2 Å². The normalized spacial score (nSPS) is 10.3. The predicted molar refractivity (Wildman–Crippen MR) is 66.8 cm³/mol. The molecule has 0 unspecified atom stereocenters. The molecule has 0 bridgehead atoms. The van der Waals surface area contributed by atoms with Crippen LogP contribution in [0.25, 0.3) is 0 Å². The van der Waals surface area contributed by atoms with E-state index in [1.54, 1.807) is 18.5 Å². The summed E-state index contributed by atoms with van der Waals surface area (Å²) in [4.78, 5) is 23.9. The molecule has 0 saturated carbocycles. The van der Waals surface area contributed by atoms with Crippen molar-refractivity contribution in [1.29, 1.82) is 0 Å². The van der Waals surface area contributed by atoms with Crippen LogP contribution in [0.15, 0.2) is 34.7 Å². The summed E-state index contributed by atoms with van der Waals surface area (Å²) < 4.78 is 0. The van der Waals surface area contributed by atoms with E-state index in [1.165, 1.54) is 18.0 Å². The lowest BCUT2D eigenvalue weighted by atomic mass is 10.2. The number of carbonyl (C=O) groups is 1. The van der Waals surface area contributed by atoms with Gasteiger partial charge in [0.15, 0.2) is 5.16 Å². The Labute approximate surface area is 108 Å². The topological polar surface area (TPSA) is 76.0 Å². The number of hydrogen-bond acceptors (Lipinski definition) is 5. The van der Waals surface area contributed by atoms with Crippen molar-refractivity contribution >= 4 is 17.7 Å². The van der Waals surface area contributed by atoms with E-state index in [1.807, 2.05) is 13.8 Å². The molecule has 0 amide bonds. The van der Waals surface area contributed by atoms with Crippen molar-refractivity contribution in [2.75, 3.05) is 0 Å². The van der Waals surface area contributed by atoms with Gasteiger partial charge in [-0.25, -0.2) is 14.8 Å². The molecule has 18 heavy (non-hydrogen) atoms. The Morgan fingerprint density at radius 2 is 1.83 bits per heavy atom. The zero-order valence-corrected chi connectivity index (χ0v) is 10.7. The van der Waals surface area contributed by atoms with Crippen molar-refractivity contribution in [1.82, 2.24) is 15.0 Å². The third kappa shape index (κ3) is 2.84. The van der Waals surface area contributed by atoms with Crippen LogP contribution >= 0.6 is 11.8 Å². The summed E-state index contributed by atoms with van der Waals surface area (Å²) in [6, 6.07) is 1.72. The monoisotopic (exact) mass is 261 g/mol. The smallest absolute Gasteiger partial charge is 0.338 e. The van der Waals surface area contributed by atoms with Gasteiger partial charge in [-0.1, -0.05) is 0 Å². The molecule has 0 aliphatic carbocycles.